The van der Waals surface area contributed by atoms with Crippen LogP contribution >= 0.6 is 15.9 Å². The fourth-order valence-corrected chi connectivity index (χ4v) is 1.61. The Morgan fingerprint density at radius 2 is 2.08 bits per heavy atom. The molecule has 0 bridgehead atoms. The minimum absolute atomic E-state index is 0.704. The normalized spacial score (nSPS) is 10.2. The van der Waals surface area contributed by atoms with Crippen LogP contribution < -0.4 is 0 Å². The van der Waals surface area contributed by atoms with Crippen molar-refractivity contribution in [2.45, 2.75) is 13.0 Å². The largest absolute Gasteiger partial charge is 0.380 e. The van der Waals surface area contributed by atoms with Gasteiger partial charge in [-0.05, 0) is 17.5 Å². The average Bonchev–Trinajstić information content (AvgIpc) is 2.06. The molecule has 0 heterocycles. The van der Waals surface area contributed by atoms with Crippen LogP contribution in [0.25, 0.3) is 0 Å². The summed E-state index contributed by atoms with van der Waals surface area (Å²) in [7, 11) is 1.72. The molecular formula is C10H13BrO. The van der Waals surface area contributed by atoms with Crippen molar-refractivity contribution in [3.63, 3.8) is 0 Å². The molecule has 0 saturated heterocycles. The van der Waals surface area contributed by atoms with E-state index in [0.29, 0.717) is 6.61 Å². The Balaban J connectivity index is 2.67. The lowest BCUT2D eigenvalue weighted by atomic mass is 10.1. The molecule has 0 aliphatic rings. The van der Waals surface area contributed by atoms with Crippen molar-refractivity contribution in [2.24, 2.45) is 0 Å². The van der Waals surface area contributed by atoms with Crippen LogP contribution in [0.3, 0.4) is 0 Å². The number of methoxy groups -OCH3 is 1. The van der Waals surface area contributed by atoms with Gasteiger partial charge in [0.1, 0.15) is 0 Å². The molecular weight excluding hydrogens is 216 g/mol. The molecule has 12 heavy (non-hydrogen) atoms. The van der Waals surface area contributed by atoms with Crippen LogP contribution in [0.2, 0.25) is 0 Å². The lowest BCUT2D eigenvalue weighted by Crippen LogP contribution is -1.90. The molecule has 0 fully saturated rings. The molecule has 1 aromatic rings. The van der Waals surface area contributed by atoms with Crippen molar-refractivity contribution in [2.75, 3.05) is 12.4 Å². The Morgan fingerprint density at radius 1 is 1.33 bits per heavy atom. The first-order chi connectivity index (χ1) is 5.86. The van der Waals surface area contributed by atoms with Gasteiger partial charge in [-0.3, -0.25) is 0 Å². The fourth-order valence-electron chi connectivity index (χ4n) is 1.15. The summed E-state index contributed by atoms with van der Waals surface area (Å²) in [5.74, 6) is 0. The van der Waals surface area contributed by atoms with Crippen molar-refractivity contribution >= 4 is 15.9 Å². The Bertz CT molecular complexity index is 214. The van der Waals surface area contributed by atoms with Crippen molar-refractivity contribution in [3.05, 3.63) is 35.4 Å². The van der Waals surface area contributed by atoms with Crippen molar-refractivity contribution in [1.29, 1.82) is 0 Å². The number of hydrogen-bond acceptors (Lipinski definition) is 1. The van der Waals surface area contributed by atoms with E-state index in [9.17, 15) is 0 Å². The third kappa shape index (κ3) is 2.95. The Hall–Kier alpha value is -0.340. The predicted molar refractivity (Wildman–Crippen MR) is 54.7 cm³/mol. The standard InChI is InChI=1S/C10H13BrO/c1-12-8-10-4-2-3-9(7-10)5-6-11/h2-4,7H,5-6,8H2,1H3. The maximum absolute atomic E-state index is 5.05. The Kier molecular flexibility index (Phi) is 4.33. The number of ether oxygens (including phenoxy) is 1. The van der Waals surface area contributed by atoms with Gasteiger partial charge in [0.2, 0.25) is 0 Å². The molecule has 1 aromatic carbocycles. The van der Waals surface area contributed by atoms with Crippen molar-refractivity contribution < 1.29 is 4.74 Å². The minimum Gasteiger partial charge on any atom is -0.380 e. The first-order valence-corrected chi connectivity index (χ1v) is 5.11. The lowest BCUT2D eigenvalue weighted by molar-refractivity contribution is 0.185. The lowest BCUT2D eigenvalue weighted by Gasteiger charge is -2.02. The summed E-state index contributed by atoms with van der Waals surface area (Å²) in [6, 6.07) is 8.48. The fraction of sp³-hybridized carbons (Fsp3) is 0.400. The quantitative estimate of drug-likeness (QED) is 0.721. The van der Waals surface area contributed by atoms with E-state index in [1.165, 1.54) is 11.1 Å². The molecule has 0 aromatic heterocycles. The highest BCUT2D eigenvalue weighted by Crippen LogP contribution is 2.07. The zero-order valence-corrected chi connectivity index (χ0v) is 8.80. The topological polar surface area (TPSA) is 9.23 Å². The van der Waals surface area contributed by atoms with Crippen molar-refractivity contribution in [3.8, 4) is 0 Å². The molecule has 0 radical (unpaired) electrons. The van der Waals surface area contributed by atoms with Crippen LogP contribution in [-0.4, -0.2) is 12.4 Å². The summed E-state index contributed by atoms with van der Waals surface area (Å²) in [5, 5.41) is 1.02. The van der Waals surface area contributed by atoms with Gasteiger partial charge in [-0.25, -0.2) is 0 Å². The van der Waals surface area contributed by atoms with Gasteiger partial charge in [-0.15, -0.1) is 0 Å². The summed E-state index contributed by atoms with van der Waals surface area (Å²) in [5.41, 5.74) is 2.61. The first kappa shape index (κ1) is 9.75. The summed E-state index contributed by atoms with van der Waals surface area (Å²) in [4.78, 5) is 0. The van der Waals surface area contributed by atoms with Crippen LogP contribution in [0.4, 0.5) is 0 Å². The van der Waals surface area contributed by atoms with E-state index < -0.39 is 0 Å². The van der Waals surface area contributed by atoms with Gasteiger partial charge in [0.05, 0.1) is 6.61 Å². The maximum Gasteiger partial charge on any atom is 0.0713 e. The van der Waals surface area contributed by atoms with Crippen LogP contribution in [0.1, 0.15) is 11.1 Å². The van der Waals surface area contributed by atoms with Crippen LogP contribution in [0.15, 0.2) is 24.3 Å². The monoisotopic (exact) mass is 228 g/mol. The third-order valence-electron chi connectivity index (χ3n) is 1.69. The highest BCUT2D eigenvalue weighted by Gasteiger charge is 1.94. The van der Waals surface area contributed by atoms with Gasteiger partial charge in [-0.1, -0.05) is 40.2 Å². The van der Waals surface area contributed by atoms with Gasteiger partial charge in [0.25, 0.3) is 0 Å². The summed E-state index contributed by atoms with van der Waals surface area (Å²) < 4.78 is 5.05. The van der Waals surface area contributed by atoms with Gasteiger partial charge in [0, 0.05) is 12.4 Å². The van der Waals surface area contributed by atoms with Crippen LogP contribution in [0.5, 0.6) is 0 Å². The summed E-state index contributed by atoms with van der Waals surface area (Å²) >= 11 is 3.42. The molecule has 0 aliphatic carbocycles. The van der Waals surface area contributed by atoms with Gasteiger partial charge in [-0.2, -0.15) is 0 Å². The molecule has 0 saturated carbocycles. The molecule has 0 atom stereocenters. The third-order valence-corrected chi connectivity index (χ3v) is 2.08. The molecule has 0 aliphatic heterocycles. The second kappa shape index (κ2) is 5.33. The zero-order chi connectivity index (χ0) is 8.81. The van der Waals surface area contributed by atoms with Crippen LogP contribution in [0, 0.1) is 0 Å². The van der Waals surface area contributed by atoms with E-state index in [2.05, 4.69) is 40.2 Å². The molecule has 0 unspecified atom stereocenters. The number of aryl methyl sites for hydroxylation is 1. The number of rotatable bonds is 4. The SMILES string of the molecule is COCc1cccc(CCBr)c1. The number of benzene rings is 1. The van der Waals surface area contributed by atoms with E-state index in [1.54, 1.807) is 7.11 Å². The van der Waals surface area contributed by atoms with Gasteiger partial charge in [0.15, 0.2) is 0 Å². The van der Waals surface area contributed by atoms with E-state index in [4.69, 9.17) is 4.74 Å². The second-order valence-electron chi connectivity index (χ2n) is 2.69. The molecule has 0 N–H and O–H groups in total. The molecule has 0 amide bonds. The first-order valence-electron chi connectivity index (χ1n) is 3.99. The molecule has 1 nitrogen and oxygen atoms in total. The molecule has 2 heteroatoms. The highest BCUT2D eigenvalue weighted by molar-refractivity contribution is 9.09. The van der Waals surface area contributed by atoms with Gasteiger partial charge >= 0.3 is 0 Å². The number of hydrogen-bond donors (Lipinski definition) is 0. The molecule has 66 valence electrons. The van der Waals surface area contributed by atoms with Gasteiger partial charge < -0.3 is 4.74 Å². The average molecular weight is 229 g/mol. The van der Waals surface area contributed by atoms with Crippen molar-refractivity contribution in [1.82, 2.24) is 0 Å². The Labute approximate surface area is 81.9 Å². The number of halogens is 1. The molecule has 0 spiro atoms. The van der Waals surface area contributed by atoms with E-state index in [1.807, 2.05) is 0 Å². The maximum atomic E-state index is 5.05. The number of alkyl halides is 1. The van der Waals surface area contributed by atoms with E-state index in [-0.39, 0.29) is 0 Å². The highest BCUT2D eigenvalue weighted by atomic mass is 79.9. The van der Waals surface area contributed by atoms with E-state index in [0.717, 1.165) is 11.8 Å². The summed E-state index contributed by atoms with van der Waals surface area (Å²) in [6.45, 7) is 0.704. The Morgan fingerprint density at radius 3 is 2.75 bits per heavy atom. The minimum atomic E-state index is 0.704. The van der Waals surface area contributed by atoms with E-state index >= 15 is 0 Å². The van der Waals surface area contributed by atoms with Crippen LogP contribution in [-0.2, 0) is 17.8 Å². The zero-order valence-electron chi connectivity index (χ0n) is 7.22. The smallest absolute Gasteiger partial charge is 0.0713 e. The second-order valence-corrected chi connectivity index (χ2v) is 3.48. The molecule has 1 rings (SSSR count). The predicted octanol–water partition coefficient (Wildman–Crippen LogP) is 2.77. The summed E-state index contributed by atoms with van der Waals surface area (Å²) in [6.07, 6.45) is 1.08.